The molecule has 4 aromatic rings. The Labute approximate surface area is 224 Å². The van der Waals surface area contributed by atoms with E-state index in [4.69, 9.17) is 9.47 Å². The third kappa shape index (κ3) is 8.01. The normalized spacial score (nSPS) is 11.3. The summed E-state index contributed by atoms with van der Waals surface area (Å²) in [5.41, 5.74) is 2.16. The lowest BCUT2D eigenvalue weighted by molar-refractivity contribution is 0.236. The van der Waals surface area contributed by atoms with Crippen LogP contribution in [-0.2, 0) is 16.6 Å². The van der Waals surface area contributed by atoms with E-state index >= 15 is 0 Å². The van der Waals surface area contributed by atoms with Crippen molar-refractivity contribution in [3.05, 3.63) is 97.0 Å². The first-order chi connectivity index (χ1) is 18.8. The summed E-state index contributed by atoms with van der Waals surface area (Å²) in [6, 6.07) is 22.2. The molecule has 0 radical (unpaired) electrons. The molecular formula is C27H26F2N4O5S. The standard InChI is InChI=1S/C27H26F2N4O5S/c28-26(29)39(35,36)32-22-11-7-20(8-12-22)18-38-24-13-9-21(10-14-24)25-17-33(19-31-25)27(34)30-15-4-16-37-23-5-2-1-3-6-23/h1-3,5-14,17,19,26,32H,4,15-16,18H2,(H,30,34). The van der Waals surface area contributed by atoms with Crippen LogP contribution in [0.3, 0.4) is 0 Å². The molecule has 12 heteroatoms. The van der Waals surface area contributed by atoms with Crippen LogP contribution in [0.25, 0.3) is 11.3 Å². The van der Waals surface area contributed by atoms with Gasteiger partial charge in [-0.05, 0) is 60.5 Å². The molecule has 9 nitrogen and oxygen atoms in total. The zero-order valence-corrected chi connectivity index (χ0v) is 21.5. The quantitative estimate of drug-likeness (QED) is 0.234. The van der Waals surface area contributed by atoms with Crippen LogP contribution in [0.1, 0.15) is 12.0 Å². The first-order valence-corrected chi connectivity index (χ1v) is 13.5. The van der Waals surface area contributed by atoms with Gasteiger partial charge in [-0.2, -0.15) is 8.78 Å². The van der Waals surface area contributed by atoms with Crippen molar-refractivity contribution < 1.29 is 31.5 Å². The Morgan fingerprint density at radius 1 is 0.923 bits per heavy atom. The minimum absolute atomic E-state index is 0.0357. The molecule has 0 unspecified atom stereocenters. The van der Waals surface area contributed by atoms with Gasteiger partial charge in [0, 0.05) is 24.0 Å². The van der Waals surface area contributed by atoms with Crippen molar-refractivity contribution in [1.82, 2.24) is 14.9 Å². The van der Waals surface area contributed by atoms with Gasteiger partial charge in [0.15, 0.2) is 0 Å². The Morgan fingerprint density at radius 2 is 1.62 bits per heavy atom. The van der Waals surface area contributed by atoms with Crippen molar-refractivity contribution in [2.45, 2.75) is 18.8 Å². The molecule has 4 rings (SSSR count). The highest BCUT2D eigenvalue weighted by molar-refractivity contribution is 7.93. The molecule has 39 heavy (non-hydrogen) atoms. The summed E-state index contributed by atoms with van der Waals surface area (Å²) in [5, 5.41) is 2.83. The number of anilines is 1. The highest BCUT2D eigenvalue weighted by Crippen LogP contribution is 2.22. The molecule has 0 spiro atoms. The number of hydrogen-bond donors (Lipinski definition) is 2. The minimum Gasteiger partial charge on any atom is -0.494 e. The van der Waals surface area contributed by atoms with E-state index in [0.29, 0.717) is 31.0 Å². The fraction of sp³-hybridized carbons (Fsp3) is 0.185. The predicted octanol–water partition coefficient (Wildman–Crippen LogP) is 5.12. The van der Waals surface area contributed by atoms with E-state index in [2.05, 4.69) is 10.3 Å². The molecule has 1 amide bonds. The first-order valence-electron chi connectivity index (χ1n) is 11.9. The fourth-order valence-corrected chi connectivity index (χ4v) is 3.97. The van der Waals surface area contributed by atoms with Gasteiger partial charge in [0.2, 0.25) is 0 Å². The number of aromatic nitrogens is 2. The Hall–Kier alpha value is -4.45. The van der Waals surface area contributed by atoms with E-state index in [9.17, 15) is 22.0 Å². The van der Waals surface area contributed by atoms with Gasteiger partial charge < -0.3 is 14.8 Å². The van der Waals surface area contributed by atoms with Crippen molar-refractivity contribution in [3.63, 3.8) is 0 Å². The number of carbonyl (C=O) groups is 1. The molecule has 1 heterocycles. The summed E-state index contributed by atoms with van der Waals surface area (Å²) in [5.74, 6) is -2.14. The number of nitrogens with one attached hydrogen (secondary N) is 2. The number of amides is 1. The second-order valence-corrected chi connectivity index (χ2v) is 9.98. The van der Waals surface area contributed by atoms with E-state index in [1.165, 1.54) is 23.0 Å². The number of para-hydroxylation sites is 1. The summed E-state index contributed by atoms with van der Waals surface area (Å²) in [4.78, 5) is 16.7. The first kappa shape index (κ1) is 27.6. The number of nitrogens with zero attached hydrogens (tertiary/aromatic N) is 2. The van der Waals surface area contributed by atoms with Gasteiger partial charge >= 0.3 is 11.8 Å². The Kier molecular flexibility index (Phi) is 9.10. The molecule has 0 fully saturated rings. The fourth-order valence-electron chi connectivity index (χ4n) is 3.41. The largest absolute Gasteiger partial charge is 0.494 e. The molecule has 1 aromatic heterocycles. The van der Waals surface area contributed by atoms with Crippen molar-refractivity contribution in [2.24, 2.45) is 0 Å². The lowest BCUT2D eigenvalue weighted by atomic mass is 10.1. The molecule has 0 atom stereocenters. The molecule has 0 bridgehead atoms. The van der Waals surface area contributed by atoms with Crippen molar-refractivity contribution in [3.8, 4) is 22.8 Å². The summed E-state index contributed by atoms with van der Waals surface area (Å²) in [7, 11) is -4.71. The van der Waals surface area contributed by atoms with Crippen LogP contribution in [0.5, 0.6) is 11.5 Å². The molecule has 0 aliphatic rings. The molecular weight excluding hydrogens is 530 g/mol. The Balaban J connectivity index is 1.22. The molecule has 0 aliphatic carbocycles. The van der Waals surface area contributed by atoms with Crippen LogP contribution in [0.4, 0.5) is 19.3 Å². The smallest absolute Gasteiger partial charge is 0.355 e. The third-order valence-electron chi connectivity index (χ3n) is 5.43. The number of carbonyl (C=O) groups excluding carboxylic acids is 1. The molecule has 0 aliphatic heterocycles. The number of alkyl halides is 2. The van der Waals surface area contributed by atoms with E-state index in [1.54, 1.807) is 30.5 Å². The second-order valence-electron chi connectivity index (χ2n) is 8.33. The van der Waals surface area contributed by atoms with Gasteiger partial charge in [-0.15, -0.1) is 0 Å². The number of hydrogen-bond acceptors (Lipinski definition) is 6. The van der Waals surface area contributed by atoms with Gasteiger partial charge in [-0.25, -0.2) is 18.2 Å². The summed E-state index contributed by atoms with van der Waals surface area (Å²) in [6.07, 6.45) is 3.74. The SMILES string of the molecule is O=C(NCCCOc1ccccc1)n1cnc(-c2ccc(OCc3ccc(NS(=O)(=O)C(F)F)cc3)cc2)c1. The van der Waals surface area contributed by atoms with Crippen molar-refractivity contribution in [2.75, 3.05) is 17.9 Å². The van der Waals surface area contributed by atoms with Crippen LogP contribution in [0, 0.1) is 0 Å². The molecule has 0 saturated heterocycles. The van der Waals surface area contributed by atoms with Crippen LogP contribution in [0.15, 0.2) is 91.4 Å². The molecule has 204 valence electrons. The number of rotatable bonds is 12. The van der Waals surface area contributed by atoms with Gasteiger partial charge in [-0.1, -0.05) is 30.3 Å². The molecule has 3 aromatic carbocycles. The van der Waals surface area contributed by atoms with E-state index < -0.39 is 15.8 Å². The number of ether oxygens (including phenoxy) is 2. The zero-order valence-electron chi connectivity index (χ0n) is 20.7. The van der Waals surface area contributed by atoms with E-state index in [0.717, 1.165) is 16.9 Å². The summed E-state index contributed by atoms with van der Waals surface area (Å²) in [6.45, 7) is 1.13. The summed E-state index contributed by atoms with van der Waals surface area (Å²) >= 11 is 0. The van der Waals surface area contributed by atoms with Crippen LogP contribution >= 0.6 is 0 Å². The minimum atomic E-state index is -4.71. The van der Waals surface area contributed by atoms with Crippen molar-refractivity contribution >= 4 is 21.7 Å². The van der Waals surface area contributed by atoms with E-state index in [1.807, 2.05) is 47.2 Å². The maximum Gasteiger partial charge on any atom is 0.355 e. The maximum absolute atomic E-state index is 12.5. The lowest BCUT2D eigenvalue weighted by Crippen LogP contribution is -2.29. The highest BCUT2D eigenvalue weighted by Gasteiger charge is 2.23. The molecule has 2 N–H and O–H groups in total. The Bertz CT molecular complexity index is 1460. The van der Waals surface area contributed by atoms with Crippen LogP contribution in [0.2, 0.25) is 0 Å². The number of sulfonamides is 1. The monoisotopic (exact) mass is 556 g/mol. The Morgan fingerprint density at radius 3 is 2.31 bits per heavy atom. The predicted molar refractivity (Wildman–Crippen MR) is 142 cm³/mol. The number of benzene rings is 3. The van der Waals surface area contributed by atoms with Gasteiger partial charge in [0.1, 0.15) is 24.4 Å². The zero-order chi connectivity index (χ0) is 27.7. The average Bonchev–Trinajstić information content (AvgIpc) is 3.44. The number of halogens is 2. The van der Waals surface area contributed by atoms with Crippen LogP contribution in [-0.4, -0.2) is 42.9 Å². The van der Waals surface area contributed by atoms with E-state index in [-0.39, 0.29) is 18.3 Å². The third-order valence-corrected chi connectivity index (χ3v) is 6.42. The van der Waals surface area contributed by atoms with Gasteiger partial charge in [0.05, 0.1) is 12.3 Å². The van der Waals surface area contributed by atoms with Gasteiger partial charge in [-0.3, -0.25) is 9.29 Å². The van der Waals surface area contributed by atoms with Crippen molar-refractivity contribution in [1.29, 1.82) is 0 Å². The highest BCUT2D eigenvalue weighted by atomic mass is 32.2. The molecule has 0 saturated carbocycles. The average molecular weight is 557 g/mol. The maximum atomic E-state index is 12.5. The lowest BCUT2D eigenvalue weighted by Gasteiger charge is -2.09. The number of imidazole rings is 1. The summed E-state index contributed by atoms with van der Waals surface area (Å²) < 4.78 is 62.0. The second kappa shape index (κ2) is 12.9. The van der Waals surface area contributed by atoms with Crippen LogP contribution < -0.4 is 19.5 Å². The topological polar surface area (TPSA) is 112 Å². The van der Waals surface area contributed by atoms with Gasteiger partial charge in [0.25, 0.3) is 10.0 Å².